The van der Waals surface area contributed by atoms with E-state index in [0.717, 1.165) is 12.5 Å². The normalized spacial score (nSPS) is 26.7. The highest BCUT2D eigenvalue weighted by atomic mass is 15.2. The number of benzene rings is 1. The molecule has 0 saturated carbocycles. The van der Waals surface area contributed by atoms with E-state index >= 15 is 0 Å². The summed E-state index contributed by atoms with van der Waals surface area (Å²) in [5, 5.41) is 3.58. The molecule has 0 aliphatic carbocycles. The summed E-state index contributed by atoms with van der Waals surface area (Å²) in [6.07, 6.45) is 2.59. The molecule has 2 heterocycles. The molecule has 1 unspecified atom stereocenters. The molecule has 0 radical (unpaired) electrons. The maximum atomic E-state index is 3.58. The van der Waals surface area contributed by atoms with Crippen LogP contribution in [0, 0.1) is 11.3 Å². The average Bonchev–Trinajstić information content (AvgIpc) is 2.68. The van der Waals surface area contributed by atoms with Crippen LogP contribution < -0.4 is 5.32 Å². The first-order chi connectivity index (χ1) is 8.62. The Bertz CT molecular complexity index is 425. The molecule has 18 heavy (non-hydrogen) atoms. The Morgan fingerprint density at radius 3 is 2.94 bits per heavy atom. The van der Waals surface area contributed by atoms with E-state index in [-0.39, 0.29) is 0 Å². The van der Waals surface area contributed by atoms with Gasteiger partial charge < -0.3 is 10.2 Å². The minimum Gasteiger partial charge on any atom is -0.384 e. The van der Waals surface area contributed by atoms with Crippen molar-refractivity contribution in [2.75, 3.05) is 31.5 Å². The minimum atomic E-state index is 0.528. The molecule has 1 saturated heterocycles. The highest BCUT2D eigenvalue weighted by molar-refractivity contribution is 5.53. The van der Waals surface area contributed by atoms with E-state index in [2.05, 4.69) is 48.3 Å². The van der Waals surface area contributed by atoms with E-state index in [1.807, 2.05) is 0 Å². The monoisotopic (exact) mass is 244 g/mol. The third-order valence-corrected chi connectivity index (χ3v) is 4.38. The standard InChI is InChI=1S/C16H24N2/c1-16(2)7-8-18(12-16)11-13-9-14-5-3-4-6-15(14)17-10-13/h3-6,13,17H,7-12H2,1-2H3. The van der Waals surface area contributed by atoms with Gasteiger partial charge in [-0.2, -0.15) is 0 Å². The second-order valence-corrected chi connectivity index (χ2v) is 6.76. The molecule has 0 amide bonds. The van der Waals surface area contributed by atoms with Gasteiger partial charge in [-0.15, -0.1) is 0 Å². The highest BCUT2D eigenvalue weighted by Gasteiger charge is 2.31. The molecular formula is C16H24N2. The van der Waals surface area contributed by atoms with Crippen molar-refractivity contribution < 1.29 is 0 Å². The molecule has 2 heteroatoms. The Balaban J connectivity index is 1.60. The third kappa shape index (κ3) is 2.54. The number of likely N-dealkylation sites (tertiary alicyclic amines) is 1. The molecule has 2 aliphatic rings. The molecular weight excluding hydrogens is 220 g/mol. The number of anilines is 1. The number of hydrogen-bond donors (Lipinski definition) is 1. The lowest BCUT2D eigenvalue weighted by molar-refractivity contribution is 0.251. The van der Waals surface area contributed by atoms with E-state index < -0.39 is 0 Å². The van der Waals surface area contributed by atoms with Crippen molar-refractivity contribution >= 4 is 5.69 Å². The van der Waals surface area contributed by atoms with Crippen LogP contribution in [-0.4, -0.2) is 31.1 Å². The van der Waals surface area contributed by atoms with Crippen LogP contribution in [0.2, 0.25) is 0 Å². The SMILES string of the molecule is CC1(C)CCN(CC2CNc3ccccc3C2)C1. The Morgan fingerprint density at radius 1 is 1.33 bits per heavy atom. The number of hydrogen-bond acceptors (Lipinski definition) is 2. The van der Waals surface area contributed by atoms with Crippen LogP contribution in [0.5, 0.6) is 0 Å². The molecule has 0 aromatic heterocycles. The van der Waals surface area contributed by atoms with Crippen LogP contribution in [0.25, 0.3) is 0 Å². The predicted molar refractivity (Wildman–Crippen MR) is 77.0 cm³/mol. The summed E-state index contributed by atoms with van der Waals surface area (Å²) in [6, 6.07) is 8.74. The zero-order valence-corrected chi connectivity index (χ0v) is 11.6. The van der Waals surface area contributed by atoms with Crippen LogP contribution in [0.4, 0.5) is 5.69 Å². The maximum absolute atomic E-state index is 3.58. The highest BCUT2D eigenvalue weighted by Crippen LogP contribution is 2.31. The zero-order valence-electron chi connectivity index (χ0n) is 11.6. The van der Waals surface area contributed by atoms with Crippen molar-refractivity contribution in [3.05, 3.63) is 29.8 Å². The molecule has 1 N–H and O–H groups in total. The summed E-state index contributed by atoms with van der Waals surface area (Å²) in [5.74, 6) is 0.772. The Hall–Kier alpha value is -1.02. The molecule has 2 aliphatic heterocycles. The van der Waals surface area contributed by atoms with Gasteiger partial charge in [0.1, 0.15) is 0 Å². The topological polar surface area (TPSA) is 15.3 Å². The number of nitrogens with one attached hydrogen (secondary N) is 1. The smallest absolute Gasteiger partial charge is 0.0372 e. The fourth-order valence-electron chi connectivity index (χ4n) is 3.38. The molecule has 1 aromatic rings. The fourth-order valence-corrected chi connectivity index (χ4v) is 3.38. The lowest BCUT2D eigenvalue weighted by atomic mass is 9.92. The molecule has 1 fully saturated rings. The Morgan fingerprint density at radius 2 is 2.17 bits per heavy atom. The molecule has 0 bridgehead atoms. The lowest BCUT2D eigenvalue weighted by Crippen LogP contribution is -2.35. The summed E-state index contributed by atoms with van der Waals surface area (Å²) < 4.78 is 0. The van der Waals surface area contributed by atoms with E-state index in [4.69, 9.17) is 0 Å². The molecule has 3 rings (SSSR count). The fraction of sp³-hybridized carbons (Fsp3) is 0.625. The van der Waals surface area contributed by atoms with Gasteiger partial charge in [0.25, 0.3) is 0 Å². The van der Waals surface area contributed by atoms with Crippen molar-refractivity contribution in [3.63, 3.8) is 0 Å². The van der Waals surface area contributed by atoms with Crippen molar-refractivity contribution in [3.8, 4) is 0 Å². The summed E-state index contributed by atoms with van der Waals surface area (Å²) >= 11 is 0. The number of fused-ring (bicyclic) bond motifs is 1. The van der Waals surface area contributed by atoms with Crippen LogP contribution >= 0.6 is 0 Å². The first-order valence-electron chi connectivity index (χ1n) is 7.16. The van der Waals surface area contributed by atoms with Crippen LogP contribution in [-0.2, 0) is 6.42 Å². The van der Waals surface area contributed by atoms with Crippen molar-refractivity contribution in [2.24, 2.45) is 11.3 Å². The summed E-state index contributed by atoms with van der Waals surface area (Å²) in [6.45, 7) is 9.72. The van der Waals surface area contributed by atoms with E-state index in [1.54, 1.807) is 0 Å². The first-order valence-corrected chi connectivity index (χ1v) is 7.16. The second-order valence-electron chi connectivity index (χ2n) is 6.76. The first kappa shape index (κ1) is 12.0. The number of rotatable bonds is 2. The van der Waals surface area contributed by atoms with Crippen molar-refractivity contribution in [1.29, 1.82) is 0 Å². The zero-order chi connectivity index (χ0) is 12.6. The summed E-state index contributed by atoms with van der Waals surface area (Å²) in [7, 11) is 0. The third-order valence-electron chi connectivity index (χ3n) is 4.38. The van der Waals surface area contributed by atoms with E-state index in [9.17, 15) is 0 Å². The van der Waals surface area contributed by atoms with Gasteiger partial charge in [0.2, 0.25) is 0 Å². The average molecular weight is 244 g/mol. The quantitative estimate of drug-likeness (QED) is 0.860. The minimum absolute atomic E-state index is 0.528. The van der Waals surface area contributed by atoms with Gasteiger partial charge in [0.15, 0.2) is 0 Å². The number of para-hydroxylation sites is 1. The number of nitrogens with zero attached hydrogens (tertiary/aromatic N) is 1. The van der Waals surface area contributed by atoms with Crippen molar-refractivity contribution in [1.82, 2.24) is 4.90 Å². The molecule has 2 nitrogen and oxygen atoms in total. The van der Waals surface area contributed by atoms with Crippen LogP contribution in [0.15, 0.2) is 24.3 Å². The van der Waals surface area contributed by atoms with Gasteiger partial charge in [-0.3, -0.25) is 0 Å². The van der Waals surface area contributed by atoms with Crippen molar-refractivity contribution in [2.45, 2.75) is 26.7 Å². The van der Waals surface area contributed by atoms with Gasteiger partial charge in [-0.1, -0.05) is 32.0 Å². The molecule has 1 atom stereocenters. The second kappa shape index (κ2) is 4.58. The lowest BCUT2D eigenvalue weighted by Gasteiger charge is -2.30. The molecule has 0 spiro atoms. The van der Waals surface area contributed by atoms with Gasteiger partial charge in [-0.25, -0.2) is 0 Å². The van der Waals surface area contributed by atoms with Crippen LogP contribution in [0.1, 0.15) is 25.8 Å². The van der Waals surface area contributed by atoms with Gasteiger partial charge >= 0.3 is 0 Å². The van der Waals surface area contributed by atoms with E-state index in [1.165, 1.54) is 43.7 Å². The largest absolute Gasteiger partial charge is 0.384 e. The maximum Gasteiger partial charge on any atom is 0.0372 e. The van der Waals surface area contributed by atoms with Gasteiger partial charge in [0.05, 0.1) is 0 Å². The summed E-state index contributed by atoms with van der Waals surface area (Å²) in [5.41, 5.74) is 3.36. The van der Waals surface area contributed by atoms with Gasteiger partial charge in [0, 0.05) is 25.3 Å². The van der Waals surface area contributed by atoms with Crippen LogP contribution in [0.3, 0.4) is 0 Å². The Labute approximate surface area is 110 Å². The molecule has 1 aromatic carbocycles. The van der Waals surface area contributed by atoms with E-state index in [0.29, 0.717) is 5.41 Å². The summed E-state index contributed by atoms with van der Waals surface area (Å²) in [4.78, 5) is 2.65. The van der Waals surface area contributed by atoms with Gasteiger partial charge in [-0.05, 0) is 42.3 Å². The predicted octanol–water partition coefficient (Wildman–Crippen LogP) is 3.00. The molecule has 98 valence electrons. The Kier molecular flexibility index (Phi) is 3.06.